The van der Waals surface area contributed by atoms with E-state index in [0.29, 0.717) is 11.7 Å². The highest BCUT2D eigenvalue weighted by atomic mass is 16.5. The molecule has 0 spiro atoms. The maximum Gasteiger partial charge on any atom is 0.358 e. The van der Waals surface area contributed by atoms with Crippen molar-refractivity contribution in [1.82, 2.24) is 5.16 Å². The second-order valence-electron chi connectivity index (χ2n) is 5.34. The highest BCUT2D eigenvalue weighted by Crippen LogP contribution is 2.34. The maximum absolute atomic E-state index is 10.8. The molecule has 4 nitrogen and oxygen atoms in total. The number of benzene rings is 1. The average molecular weight is 271 g/mol. The monoisotopic (exact) mass is 271 g/mol. The van der Waals surface area contributed by atoms with Gasteiger partial charge in [-0.25, -0.2) is 4.79 Å². The van der Waals surface area contributed by atoms with Crippen LogP contribution in [-0.4, -0.2) is 16.2 Å². The first-order valence-electron chi connectivity index (χ1n) is 7.04. The lowest BCUT2D eigenvalue weighted by Gasteiger charge is -2.22. The highest BCUT2D eigenvalue weighted by Gasteiger charge is 2.17. The zero-order valence-corrected chi connectivity index (χ0v) is 11.2. The molecule has 0 radical (unpaired) electrons. The number of rotatable bonds is 3. The minimum Gasteiger partial charge on any atom is -0.476 e. The van der Waals surface area contributed by atoms with Crippen LogP contribution in [0.1, 0.15) is 54.1 Å². The van der Waals surface area contributed by atoms with Crippen molar-refractivity contribution in [2.24, 2.45) is 0 Å². The summed E-state index contributed by atoms with van der Waals surface area (Å²) in [6.07, 6.45) is 6.39. The summed E-state index contributed by atoms with van der Waals surface area (Å²) in [4.78, 5) is 10.8. The Morgan fingerprint density at radius 3 is 2.70 bits per heavy atom. The van der Waals surface area contributed by atoms with E-state index < -0.39 is 5.97 Å². The van der Waals surface area contributed by atoms with Gasteiger partial charge in [-0.1, -0.05) is 42.6 Å². The summed E-state index contributed by atoms with van der Waals surface area (Å²) >= 11 is 0. The van der Waals surface area contributed by atoms with E-state index in [1.807, 2.05) is 12.1 Å². The van der Waals surface area contributed by atoms with Gasteiger partial charge in [-0.3, -0.25) is 0 Å². The van der Waals surface area contributed by atoms with Crippen LogP contribution in [0.25, 0.3) is 11.3 Å². The third-order valence-corrected chi connectivity index (χ3v) is 3.98. The van der Waals surface area contributed by atoms with E-state index in [9.17, 15) is 4.79 Å². The molecule has 0 unspecified atom stereocenters. The lowest BCUT2D eigenvalue weighted by molar-refractivity contribution is 0.0686. The van der Waals surface area contributed by atoms with Gasteiger partial charge in [0.05, 0.1) is 0 Å². The van der Waals surface area contributed by atoms with Gasteiger partial charge < -0.3 is 9.63 Å². The number of aromatic carboxylic acids is 1. The molecule has 20 heavy (non-hydrogen) atoms. The number of aromatic nitrogens is 1. The van der Waals surface area contributed by atoms with Crippen LogP contribution in [0, 0.1) is 0 Å². The molecule has 1 saturated carbocycles. The van der Waals surface area contributed by atoms with Crippen LogP contribution < -0.4 is 0 Å². The largest absolute Gasteiger partial charge is 0.476 e. The third kappa shape index (κ3) is 2.59. The maximum atomic E-state index is 10.8. The summed E-state index contributed by atoms with van der Waals surface area (Å²) in [5.41, 5.74) is 2.16. The molecule has 0 atom stereocenters. The van der Waals surface area contributed by atoms with Gasteiger partial charge in [-0.05, 0) is 30.4 Å². The van der Waals surface area contributed by atoms with Gasteiger partial charge in [0.15, 0.2) is 11.5 Å². The SMILES string of the molecule is O=C(O)c1cc(-c2cccc(C3CCCCC3)c2)on1. The number of carboxylic acid groups (broad SMARTS) is 1. The van der Waals surface area contributed by atoms with Gasteiger partial charge in [0.2, 0.25) is 0 Å². The fourth-order valence-corrected chi connectivity index (χ4v) is 2.89. The lowest BCUT2D eigenvalue weighted by atomic mass is 9.83. The molecular weight excluding hydrogens is 254 g/mol. The van der Waals surface area contributed by atoms with Gasteiger partial charge in [-0.2, -0.15) is 0 Å². The van der Waals surface area contributed by atoms with Gasteiger partial charge in [0, 0.05) is 11.6 Å². The number of carboxylic acids is 1. The summed E-state index contributed by atoms with van der Waals surface area (Å²) in [6.45, 7) is 0. The molecule has 1 aromatic heterocycles. The number of nitrogens with zero attached hydrogens (tertiary/aromatic N) is 1. The third-order valence-electron chi connectivity index (χ3n) is 3.98. The summed E-state index contributed by atoms with van der Waals surface area (Å²) < 4.78 is 5.12. The van der Waals surface area contributed by atoms with E-state index in [0.717, 1.165) is 5.56 Å². The highest BCUT2D eigenvalue weighted by molar-refractivity contribution is 5.86. The van der Waals surface area contributed by atoms with Crippen LogP contribution in [0.5, 0.6) is 0 Å². The van der Waals surface area contributed by atoms with E-state index in [1.54, 1.807) is 0 Å². The van der Waals surface area contributed by atoms with E-state index in [2.05, 4.69) is 17.3 Å². The normalized spacial score (nSPS) is 16.2. The zero-order valence-electron chi connectivity index (χ0n) is 11.2. The quantitative estimate of drug-likeness (QED) is 0.913. The molecule has 1 aliphatic rings. The van der Waals surface area contributed by atoms with Gasteiger partial charge >= 0.3 is 5.97 Å². The molecule has 1 fully saturated rings. The first kappa shape index (κ1) is 12.9. The Bertz CT molecular complexity index is 612. The summed E-state index contributed by atoms with van der Waals surface area (Å²) in [5.74, 6) is 0.0639. The van der Waals surface area contributed by atoms with Gasteiger partial charge in [0.25, 0.3) is 0 Å². The van der Waals surface area contributed by atoms with Crippen molar-refractivity contribution in [3.05, 3.63) is 41.6 Å². The topological polar surface area (TPSA) is 63.3 Å². The van der Waals surface area contributed by atoms with Crippen LogP contribution in [0.2, 0.25) is 0 Å². The predicted molar refractivity (Wildman–Crippen MR) is 74.7 cm³/mol. The predicted octanol–water partition coefficient (Wildman–Crippen LogP) is 4.09. The van der Waals surface area contributed by atoms with Crippen LogP contribution in [0.3, 0.4) is 0 Å². The molecule has 1 N–H and O–H groups in total. The molecule has 3 rings (SSSR count). The Hall–Kier alpha value is -2.10. The molecule has 4 heteroatoms. The van der Waals surface area contributed by atoms with Crippen molar-refractivity contribution < 1.29 is 14.4 Å². The second kappa shape index (κ2) is 5.49. The van der Waals surface area contributed by atoms with E-state index in [4.69, 9.17) is 9.63 Å². The van der Waals surface area contributed by atoms with E-state index >= 15 is 0 Å². The molecule has 0 saturated heterocycles. The van der Waals surface area contributed by atoms with Gasteiger partial charge in [0.1, 0.15) is 0 Å². The first-order chi connectivity index (χ1) is 9.74. The number of carbonyl (C=O) groups is 1. The minimum absolute atomic E-state index is 0.0527. The molecule has 1 aromatic carbocycles. The molecule has 104 valence electrons. The Balaban J connectivity index is 1.87. The summed E-state index contributed by atoms with van der Waals surface area (Å²) in [7, 11) is 0. The Kier molecular flexibility index (Phi) is 3.54. The fourth-order valence-electron chi connectivity index (χ4n) is 2.89. The second-order valence-corrected chi connectivity index (χ2v) is 5.34. The molecule has 0 bridgehead atoms. The fraction of sp³-hybridized carbons (Fsp3) is 0.375. The molecule has 1 aliphatic carbocycles. The number of hydrogen-bond acceptors (Lipinski definition) is 3. The van der Waals surface area contributed by atoms with Crippen molar-refractivity contribution in [2.75, 3.05) is 0 Å². The summed E-state index contributed by atoms with van der Waals surface area (Å²) in [5, 5.41) is 12.4. The van der Waals surface area contributed by atoms with Crippen molar-refractivity contribution in [2.45, 2.75) is 38.0 Å². The van der Waals surface area contributed by atoms with Crippen molar-refractivity contribution in [3.63, 3.8) is 0 Å². The smallest absolute Gasteiger partial charge is 0.358 e. The van der Waals surface area contributed by atoms with Crippen LogP contribution in [0.15, 0.2) is 34.9 Å². The van der Waals surface area contributed by atoms with E-state index in [1.165, 1.54) is 43.7 Å². The van der Waals surface area contributed by atoms with E-state index in [-0.39, 0.29) is 5.69 Å². The Morgan fingerprint density at radius 2 is 2.00 bits per heavy atom. The Labute approximate surface area is 117 Å². The lowest BCUT2D eigenvalue weighted by Crippen LogP contribution is -2.04. The van der Waals surface area contributed by atoms with Gasteiger partial charge in [-0.15, -0.1) is 0 Å². The summed E-state index contributed by atoms with van der Waals surface area (Å²) in [6, 6.07) is 9.65. The van der Waals surface area contributed by atoms with Crippen molar-refractivity contribution in [1.29, 1.82) is 0 Å². The van der Waals surface area contributed by atoms with Crippen LogP contribution in [0.4, 0.5) is 0 Å². The Morgan fingerprint density at radius 1 is 1.20 bits per heavy atom. The molecule has 0 aliphatic heterocycles. The standard InChI is InChI=1S/C16H17NO3/c18-16(19)14-10-15(20-17-14)13-8-4-7-12(9-13)11-5-2-1-3-6-11/h4,7-11H,1-3,5-6H2,(H,18,19). The van der Waals surface area contributed by atoms with Crippen LogP contribution in [-0.2, 0) is 0 Å². The average Bonchev–Trinajstić information content (AvgIpc) is 2.98. The van der Waals surface area contributed by atoms with Crippen molar-refractivity contribution in [3.8, 4) is 11.3 Å². The molecule has 1 heterocycles. The zero-order chi connectivity index (χ0) is 13.9. The van der Waals surface area contributed by atoms with Crippen LogP contribution >= 0.6 is 0 Å². The minimum atomic E-state index is -1.07. The molecule has 2 aromatic rings. The molecule has 0 amide bonds. The first-order valence-corrected chi connectivity index (χ1v) is 7.04. The number of hydrogen-bond donors (Lipinski definition) is 1. The molecular formula is C16H17NO3. The van der Waals surface area contributed by atoms with Crippen molar-refractivity contribution >= 4 is 5.97 Å².